The number of nitrogens with zero attached hydrogens (tertiary/aromatic N) is 2. The predicted octanol–water partition coefficient (Wildman–Crippen LogP) is 3.42. The van der Waals surface area contributed by atoms with Crippen molar-refractivity contribution in [3.63, 3.8) is 0 Å². The summed E-state index contributed by atoms with van der Waals surface area (Å²) in [4.78, 5) is 31.8. The van der Waals surface area contributed by atoms with Crippen LogP contribution in [0.1, 0.15) is 50.5 Å². The van der Waals surface area contributed by atoms with Crippen LogP contribution in [0, 0.1) is 5.92 Å². The van der Waals surface area contributed by atoms with Gasteiger partial charge in [0.2, 0.25) is 11.8 Å². The number of pyridine rings is 1. The van der Waals surface area contributed by atoms with E-state index in [4.69, 9.17) is 0 Å². The molecule has 0 bridgehead atoms. The average molecular weight is 365 g/mol. The molecule has 2 amide bonds. The van der Waals surface area contributed by atoms with Crippen LogP contribution in [0.4, 0.5) is 0 Å². The van der Waals surface area contributed by atoms with E-state index in [-0.39, 0.29) is 23.8 Å². The van der Waals surface area contributed by atoms with Crippen molar-refractivity contribution in [2.24, 2.45) is 5.92 Å². The molecular formula is C22H27N3O2. The number of aromatic nitrogens is 1. The molecule has 2 aromatic rings. The Balaban J connectivity index is 1.38. The van der Waals surface area contributed by atoms with Crippen LogP contribution in [-0.2, 0) is 16.1 Å². The average Bonchev–Trinajstić information content (AvgIpc) is 3.22. The fourth-order valence-corrected chi connectivity index (χ4v) is 4.43. The fraction of sp³-hybridized carbons (Fsp3) is 0.500. The molecule has 1 aromatic heterocycles. The smallest absolute Gasteiger partial charge is 0.243 e. The third kappa shape index (κ3) is 3.97. The van der Waals surface area contributed by atoms with E-state index < -0.39 is 0 Å². The molecule has 1 saturated heterocycles. The SMILES string of the molecule is O=C(NCc1ccc2ncccc2c1)[C@@H]1CCCN1C(=O)C1CCCCC1. The normalized spacial score (nSPS) is 20.7. The van der Waals surface area contributed by atoms with Gasteiger partial charge in [0.15, 0.2) is 0 Å². The Morgan fingerprint density at radius 2 is 1.93 bits per heavy atom. The summed E-state index contributed by atoms with van der Waals surface area (Å²) in [7, 11) is 0. The Morgan fingerprint density at radius 3 is 2.78 bits per heavy atom. The van der Waals surface area contributed by atoms with Gasteiger partial charge in [-0.05, 0) is 49.4 Å². The van der Waals surface area contributed by atoms with Crippen LogP contribution in [0.25, 0.3) is 10.9 Å². The minimum Gasteiger partial charge on any atom is -0.350 e. The highest BCUT2D eigenvalue weighted by atomic mass is 16.2. The fourth-order valence-electron chi connectivity index (χ4n) is 4.43. The maximum Gasteiger partial charge on any atom is 0.243 e. The summed E-state index contributed by atoms with van der Waals surface area (Å²) in [6.07, 6.45) is 8.93. The molecule has 0 unspecified atom stereocenters. The molecule has 27 heavy (non-hydrogen) atoms. The van der Waals surface area contributed by atoms with Crippen LogP contribution in [0.5, 0.6) is 0 Å². The molecule has 2 heterocycles. The van der Waals surface area contributed by atoms with E-state index >= 15 is 0 Å². The van der Waals surface area contributed by atoms with Crippen LogP contribution >= 0.6 is 0 Å². The molecule has 2 fully saturated rings. The van der Waals surface area contributed by atoms with Crippen molar-refractivity contribution in [3.05, 3.63) is 42.1 Å². The molecule has 1 atom stereocenters. The Labute approximate surface area is 160 Å². The van der Waals surface area contributed by atoms with Crippen LogP contribution in [0.3, 0.4) is 0 Å². The molecule has 0 spiro atoms. The van der Waals surface area contributed by atoms with Crippen molar-refractivity contribution < 1.29 is 9.59 Å². The Hall–Kier alpha value is -2.43. The number of fused-ring (bicyclic) bond motifs is 1. The van der Waals surface area contributed by atoms with Gasteiger partial charge in [-0.25, -0.2) is 0 Å². The van der Waals surface area contributed by atoms with Gasteiger partial charge in [0, 0.05) is 30.6 Å². The summed E-state index contributed by atoms with van der Waals surface area (Å²) >= 11 is 0. The zero-order valence-corrected chi connectivity index (χ0v) is 15.7. The summed E-state index contributed by atoms with van der Waals surface area (Å²) < 4.78 is 0. The molecule has 1 N–H and O–H groups in total. The highest BCUT2D eigenvalue weighted by Crippen LogP contribution is 2.29. The zero-order valence-electron chi connectivity index (χ0n) is 15.7. The summed E-state index contributed by atoms with van der Waals surface area (Å²) in [6, 6.07) is 9.66. The van der Waals surface area contributed by atoms with E-state index in [9.17, 15) is 9.59 Å². The molecule has 142 valence electrons. The number of carbonyl (C=O) groups excluding carboxylic acids is 2. The van der Waals surface area contributed by atoms with E-state index in [1.807, 2.05) is 29.2 Å². The van der Waals surface area contributed by atoms with Crippen LogP contribution < -0.4 is 5.32 Å². The molecule has 5 nitrogen and oxygen atoms in total. The Morgan fingerprint density at radius 1 is 1.07 bits per heavy atom. The van der Waals surface area contributed by atoms with Gasteiger partial charge in [-0.1, -0.05) is 31.4 Å². The first-order valence-corrected chi connectivity index (χ1v) is 10.1. The van der Waals surface area contributed by atoms with Gasteiger partial charge in [-0.3, -0.25) is 14.6 Å². The third-order valence-corrected chi connectivity index (χ3v) is 5.93. The van der Waals surface area contributed by atoms with Gasteiger partial charge in [0.1, 0.15) is 6.04 Å². The van der Waals surface area contributed by atoms with E-state index in [1.165, 1.54) is 6.42 Å². The number of benzene rings is 1. The molecule has 1 aliphatic heterocycles. The van der Waals surface area contributed by atoms with Crippen molar-refractivity contribution >= 4 is 22.7 Å². The topological polar surface area (TPSA) is 62.3 Å². The molecule has 0 radical (unpaired) electrons. The first-order chi connectivity index (χ1) is 13.2. The highest BCUT2D eigenvalue weighted by molar-refractivity contribution is 5.89. The summed E-state index contributed by atoms with van der Waals surface area (Å²) in [5.41, 5.74) is 2.00. The Kier molecular flexibility index (Phi) is 5.37. The monoisotopic (exact) mass is 365 g/mol. The minimum atomic E-state index is -0.304. The van der Waals surface area contributed by atoms with Gasteiger partial charge in [-0.15, -0.1) is 0 Å². The minimum absolute atomic E-state index is 0.0251. The maximum absolute atomic E-state index is 12.9. The van der Waals surface area contributed by atoms with Gasteiger partial charge < -0.3 is 10.2 Å². The second-order valence-electron chi connectivity index (χ2n) is 7.77. The number of likely N-dealkylation sites (tertiary alicyclic amines) is 1. The number of hydrogen-bond acceptors (Lipinski definition) is 3. The predicted molar refractivity (Wildman–Crippen MR) is 105 cm³/mol. The molecule has 5 heteroatoms. The summed E-state index contributed by atoms with van der Waals surface area (Å²) in [6.45, 7) is 1.20. The number of rotatable bonds is 4. The molecule has 2 aliphatic rings. The first kappa shape index (κ1) is 18.0. The molecule has 1 aromatic carbocycles. The quantitative estimate of drug-likeness (QED) is 0.903. The van der Waals surface area contributed by atoms with Crippen molar-refractivity contribution in [1.29, 1.82) is 0 Å². The van der Waals surface area contributed by atoms with Crippen molar-refractivity contribution in [2.45, 2.75) is 57.5 Å². The molecular weight excluding hydrogens is 338 g/mol. The number of nitrogens with one attached hydrogen (secondary N) is 1. The third-order valence-electron chi connectivity index (χ3n) is 5.93. The second-order valence-corrected chi connectivity index (χ2v) is 7.77. The maximum atomic E-state index is 12.9. The van der Waals surface area contributed by atoms with E-state index in [0.717, 1.165) is 61.5 Å². The number of carbonyl (C=O) groups is 2. The standard InChI is InChI=1S/C22H27N3O2/c26-21(24-15-16-10-11-19-18(14-16)8-4-12-23-19)20-9-5-13-25(20)22(27)17-6-2-1-3-7-17/h4,8,10-12,14,17,20H,1-3,5-7,9,13,15H2,(H,24,26)/t20-/m0/s1. The van der Waals surface area contributed by atoms with Crippen LogP contribution in [0.15, 0.2) is 36.5 Å². The lowest BCUT2D eigenvalue weighted by Gasteiger charge is -2.30. The molecule has 4 rings (SSSR count). The van der Waals surface area contributed by atoms with E-state index in [2.05, 4.69) is 16.4 Å². The van der Waals surface area contributed by atoms with Gasteiger partial charge in [-0.2, -0.15) is 0 Å². The van der Waals surface area contributed by atoms with Crippen LogP contribution in [0.2, 0.25) is 0 Å². The lowest BCUT2D eigenvalue weighted by Crippen LogP contribution is -2.47. The largest absolute Gasteiger partial charge is 0.350 e. The van der Waals surface area contributed by atoms with E-state index in [0.29, 0.717) is 6.54 Å². The lowest BCUT2D eigenvalue weighted by molar-refractivity contribution is -0.142. The molecule has 1 aliphatic carbocycles. The van der Waals surface area contributed by atoms with Gasteiger partial charge in [0.05, 0.1) is 5.52 Å². The zero-order chi connectivity index (χ0) is 18.6. The molecule has 1 saturated carbocycles. The van der Waals surface area contributed by atoms with Gasteiger partial charge in [0.25, 0.3) is 0 Å². The number of amides is 2. The van der Waals surface area contributed by atoms with Crippen molar-refractivity contribution in [1.82, 2.24) is 15.2 Å². The highest BCUT2D eigenvalue weighted by Gasteiger charge is 2.37. The summed E-state index contributed by atoms with van der Waals surface area (Å²) in [5, 5.41) is 4.11. The van der Waals surface area contributed by atoms with Crippen molar-refractivity contribution in [3.8, 4) is 0 Å². The number of hydrogen-bond donors (Lipinski definition) is 1. The van der Waals surface area contributed by atoms with Crippen LogP contribution in [-0.4, -0.2) is 34.3 Å². The lowest BCUT2D eigenvalue weighted by atomic mass is 9.88. The van der Waals surface area contributed by atoms with Gasteiger partial charge >= 0.3 is 0 Å². The van der Waals surface area contributed by atoms with E-state index in [1.54, 1.807) is 6.20 Å². The summed E-state index contributed by atoms with van der Waals surface area (Å²) in [5.74, 6) is 0.298. The second kappa shape index (κ2) is 8.07. The first-order valence-electron chi connectivity index (χ1n) is 10.1. The Bertz CT molecular complexity index is 829. The van der Waals surface area contributed by atoms with Crippen molar-refractivity contribution in [2.75, 3.05) is 6.54 Å².